The van der Waals surface area contributed by atoms with E-state index >= 15 is 0 Å². The van der Waals surface area contributed by atoms with E-state index in [1.165, 1.54) is 4.70 Å². The fraction of sp³-hybridized carbons (Fsp3) is 0.200. The summed E-state index contributed by atoms with van der Waals surface area (Å²) in [7, 11) is 1.67. The number of hydrogen-bond acceptors (Lipinski definition) is 2. The number of thiophene rings is 1. The van der Waals surface area contributed by atoms with Crippen LogP contribution in [0.25, 0.3) is 10.1 Å². The fourth-order valence-corrected chi connectivity index (χ4v) is 3.47. The number of benzene rings is 1. The van der Waals surface area contributed by atoms with Gasteiger partial charge >= 0.3 is 0 Å². The van der Waals surface area contributed by atoms with Crippen molar-refractivity contribution in [2.45, 2.75) is 5.33 Å². The topological polar surface area (TPSA) is 9.23 Å². The van der Waals surface area contributed by atoms with Crippen molar-refractivity contribution in [3.8, 4) is 5.75 Å². The van der Waals surface area contributed by atoms with Crippen molar-refractivity contribution in [3.63, 3.8) is 0 Å². The number of methoxy groups -OCH3 is 1. The molecule has 1 heterocycles. The van der Waals surface area contributed by atoms with E-state index in [9.17, 15) is 0 Å². The standard InChI is InChI=1S/C10H8BrClOS/c1-13-6-2-3-7-8(4-6)14-9(5-11)10(7)12/h2-4H,5H2,1H3. The Hall–Kier alpha value is -0.250. The third kappa shape index (κ3) is 1.64. The van der Waals surface area contributed by atoms with Crippen LogP contribution in [0.5, 0.6) is 5.75 Å². The van der Waals surface area contributed by atoms with Crippen molar-refractivity contribution in [3.05, 3.63) is 28.1 Å². The third-order valence-corrected chi connectivity index (χ3v) is 4.65. The van der Waals surface area contributed by atoms with E-state index in [1.54, 1.807) is 18.4 Å². The quantitative estimate of drug-likeness (QED) is 0.742. The van der Waals surface area contributed by atoms with Crippen LogP contribution in [0, 0.1) is 0 Å². The molecule has 0 spiro atoms. The van der Waals surface area contributed by atoms with Crippen LogP contribution in [0.15, 0.2) is 18.2 Å². The second-order valence-electron chi connectivity index (χ2n) is 2.83. The molecule has 14 heavy (non-hydrogen) atoms. The van der Waals surface area contributed by atoms with Crippen molar-refractivity contribution in [1.29, 1.82) is 0 Å². The van der Waals surface area contributed by atoms with Gasteiger partial charge in [0, 0.05) is 20.3 Å². The molecule has 0 saturated heterocycles. The van der Waals surface area contributed by atoms with Crippen LogP contribution >= 0.6 is 38.9 Å². The normalized spacial score (nSPS) is 10.8. The Morgan fingerprint density at radius 2 is 2.29 bits per heavy atom. The van der Waals surface area contributed by atoms with Crippen LogP contribution in [-0.2, 0) is 5.33 Å². The summed E-state index contributed by atoms with van der Waals surface area (Å²) in [4.78, 5) is 1.16. The molecule has 2 rings (SSSR count). The second kappa shape index (κ2) is 4.09. The minimum atomic E-state index is 0.799. The second-order valence-corrected chi connectivity index (χ2v) is 4.91. The number of rotatable bonds is 2. The molecule has 0 N–H and O–H groups in total. The van der Waals surface area contributed by atoms with Gasteiger partial charge in [0.2, 0.25) is 0 Å². The summed E-state index contributed by atoms with van der Waals surface area (Å²) < 4.78 is 6.33. The molecule has 1 nitrogen and oxygen atoms in total. The highest BCUT2D eigenvalue weighted by Gasteiger charge is 2.09. The molecule has 4 heteroatoms. The molecule has 0 amide bonds. The molecule has 0 fully saturated rings. The lowest BCUT2D eigenvalue weighted by molar-refractivity contribution is 0.415. The van der Waals surface area contributed by atoms with E-state index in [4.69, 9.17) is 16.3 Å². The number of alkyl halides is 1. The van der Waals surface area contributed by atoms with Crippen LogP contribution in [0.2, 0.25) is 5.02 Å². The van der Waals surface area contributed by atoms with E-state index in [1.807, 2.05) is 18.2 Å². The molecule has 74 valence electrons. The Morgan fingerprint density at radius 3 is 2.93 bits per heavy atom. The molecular formula is C10H8BrClOS. The van der Waals surface area contributed by atoms with Crippen LogP contribution in [0.4, 0.5) is 0 Å². The highest BCUT2D eigenvalue weighted by Crippen LogP contribution is 2.38. The Kier molecular flexibility index (Phi) is 3.00. The lowest BCUT2D eigenvalue weighted by Gasteiger charge is -1.97. The van der Waals surface area contributed by atoms with Gasteiger partial charge < -0.3 is 4.74 Å². The molecule has 0 atom stereocenters. The molecule has 0 unspecified atom stereocenters. The number of hydrogen-bond donors (Lipinski definition) is 0. The van der Waals surface area contributed by atoms with Gasteiger partial charge in [-0.25, -0.2) is 0 Å². The SMILES string of the molecule is COc1ccc2c(Cl)c(CBr)sc2c1. The molecule has 0 aliphatic carbocycles. The summed E-state index contributed by atoms with van der Waals surface area (Å²) in [5.74, 6) is 0.872. The van der Waals surface area contributed by atoms with E-state index in [2.05, 4.69) is 15.9 Å². The summed E-state index contributed by atoms with van der Waals surface area (Å²) >= 11 is 11.3. The Labute approximate surface area is 99.8 Å². The van der Waals surface area contributed by atoms with E-state index in [-0.39, 0.29) is 0 Å². The third-order valence-electron chi connectivity index (χ3n) is 2.02. The minimum absolute atomic E-state index is 0.799. The van der Waals surface area contributed by atoms with Crippen molar-refractivity contribution in [2.75, 3.05) is 7.11 Å². The van der Waals surface area contributed by atoms with Crippen molar-refractivity contribution in [2.24, 2.45) is 0 Å². The predicted octanol–water partition coefficient (Wildman–Crippen LogP) is 4.46. The number of halogens is 2. The van der Waals surface area contributed by atoms with E-state index < -0.39 is 0 Å². The van der Waals surface area contributed by atoms with Gasteiger partial charge in [0.25, 0.3) is 0 Å². The van der Waals surface area contributed by atoms with Gasteiger partial charge in [-0.05, 0) is 18.2 Å². The van der Waals surface area contributed by atoms with Gasteiger partial charge in [-0.1, -0.05) is 27.5 Å². The monoisotopic (exact) mass is 290 g/mol. The first kappa shape index (κ1) is 10.3. The molecule has 0 bridgehead atoms. The molecule has 0 aliphatic heterocycles. The number of ether oxygens (including phenoxy) is 1. The summed E-state index contributed by atoms with van der Waals surface area (Å²) in [6.45, 7) is 0. The van der Waals surface area contributed by atoms with Gasteiger partial charge in [-0.2, -0.15) is 0 Å². The lowest BCUT2D eigenvalue weighted by atomic mass is 10.2. The Bertz CT molecular complexity index is 466. The maximum atomic E-state index is 6.19. The zero-order valence-electron chi connectivity index (χ0n) is 7.51. The summed E-state index contributed by atoms with van der Waals surface area (Å²) in [6, 6.07) is 5.94. The van der Waals surface area contributed by atoms with Crippen LogP contribution in [-0.4, -0.2) is 7.11 Å². The number of fused-ring (bicyclic) bond motifs is 1. The maximum absolute atomic E-state index is 6.19. The molecule has 1 aromatic carbocycles. The molecular weight excluding hydrogens is 284 g/mol. The average Bonchev–Trinajstić information content (AvgIpc) is 2.55. The van der Waals surface area contributed by atoms with E-state index in [0.717, 1.165) is 26.4 Å². The van der Waals surface area contributed by atoms with Gasteiger partial charge in [0.15, 0.2) is 0 Å². The highest BCUT2D eigenvalue weighted by atomic mass is 79.9. The average molecular weight is 292 g/mol. The first-order valence-electron chi connectivity index (χ1n) is 4.07. The van der Waals surface area contributed by atoms with Crippen molar-refractivity contribution >= 4 is 49.0 Å². The lowest BCUT2D eigenvalue weighted by Crippen LogP contribution is -1.79. The maximum Gasteiger partial charge on any atom is 0.120 e. The van der Waals surface area contributed by atoms with Gasteiger partial charge in [0.05, 0.1) is 12.1 Å². The van der Waals surface area contributed by atoms with Crippen LogP contribution in [0.1, 0.15) is 4.88 Å². The highest BCUT2D eigenvalue weighted by molar-refractivity contribution is 9.08. The molecule has 0 saturated carbocycles. The predicted molar refractivity (Wildman–Crippen MR) is 66.0 cm³/mol. The van der Waals surface area contributed by atoms with E-state index in [0.29, 0.717) is 0 Å². The van der Waals surface area contributed by atoms with Crippen molar-refractivity contribution < 1.29 is 4.74 Å². The Morgan fingerprint density at radius 1 is 1.50 bits per heavy atom. The first-order valence-corrected chi connectivity index (χ1v) is 6.38. The summed E-state index contributed by atoms with van der Waals surface area (Å²) in [5, 5.41) is 2.75. The van der Waals surface area contributed by atoms with Gasteiger partial charge in [-0.3, -0.25) is 0 Å². The van der Waals surface area contributed by atoms with Crippen molar-refractivity contribution in [1.82, 2.24) is 0 Å². The summed E-state index contributed by atoms with van der Waals surface area (Å²) in [6.07, 6.45) is 0. The largest absolute Gasteiger partial charge is 0.497 e. The molecule has 0 aliphatic rings. The smallest absolute Gasteiger partial charge is 0.120 e. The summed E-state index contributed by atoms with van der Waals surface area (Å²) in [5.41, 5.74) is 0. The molecule has 2 aromatic rings. The minimum Gasteiger partial charge on any atom is -0.497 e. The molecule has 1 aromatic heterocycles. The van der Waals surface area contributed by atoms with Gasteiger partial charge in [-0.15, -0.1) is 11.3 Å². The molecule has 0 radical (unpaired) electrons. The fourth-order valence-electron chi connectivity index (χ4n) is 1.31. The first-order chi connectivity index (χ1) is 6.76. The van der Waals surface area contributed by atoms with Gasteiger partial charge in [0.1, 0.15) is 5.75 Å². The van der Waals surface area contributed by atoms with Crippen LogP contribution < -0.4 is 4.74 Å². The zero-order chi connectivity index (χ0) is 10.1. The van der Waals surface area contributed by atoms with Crippen LogP contribution in [0.3, 0.4) is 0 Å². The Balaban J connectivity index is 2.66. The zero-order valence-corrected chi connectivity index (χ0v) is 10.7.